The van der Waals surface area contributed by atoms with Gasteiger partial charge in [-0.3, -0.25) is 0 Å². The molecule has 26 heavy (non-hydrogen) atoms. The summed E-state index contributed by atoms with van der Waals surface area (Å²) < 4.78 is 5.07. The van der Waals surface area contributed by atoms with E-state index in [0.717, 1.165) is 0 Å². The number of benzene rings is 2. The molecule has 0 aliphatic rings. The van der Waals surface area contributed by atoms with Crippen LogP contribution in [0.1, 0.15) is 41.4 Å². The Hall–Kier alpha value is -2.98. The van der Waals surface area contributed by atoms with Crippen molar-refractivity contribution < 1.29 is 39.2 Å². The quantitative estimate of drug-likeness (QED) is 0.296. The normalized spacial score (nSPS) is 10.2. The minimum atomic E-state index is -1.65. The van der Waals surface area contributed by atoms with Crippen LogP contribution < -0.4 is 4.74 Å². The minimum Gasteiger partial charge on any atom is -0.478 e. The maximum Gasteiger partial charge on any atom is 0.344 e. The Morgan fingerprint density at radius 1 is 0.769 bits per heavy atom. The predicted octanol–water partition coefficient (Wildman–Crippen LogP) is 2.58. The molecule has 0 saturated heterocycles. The maximum absolute atomic E-state index is 12.4. The summed E-state index contributed by atoms with van der Waals surface area (Å²) in [5, 5.41) is 27.4. The SMILES string of the molecule is O=C(O)c1cc(C(=O)O)c(C(=O)Oc2cccc(S)c2S)cc1C(=O)O. The summed E-state index contributed by atoms with van der Waals surface area (Å²) in [6.07, 6.45) is 0. The summed E-state index contributed by atoms with van der Waals surface area (Å²) in [5.74, 6) is -6.12. The van der Waals surface area contributed by atoms with Crippen molar-refractivity contribution >= 4 is 49.1 Å². The second-order valence-corrected chi connectivity index (χ2v) is 5.80. The summed E-state index contributed by atoms with van der Waals surface area (Å²) in [5.41, 5.74) is -2.83. The van der Waals surface area contributed by atoms with Gasteiger partial charge in [0, 0.05) is 4.90 Å². The standard InChI is InChI=1S/C16H10O8S2/c17-13(18)6-4-8(15(21)22)9(5-7(6)14(19)20)16(23)24-10-2-1-3-11(25)12(10)26/h1-5,25-26H,(H,17,18)(H,19,20)(H,21,22). The Morgan fingerprint density at radius 3 is 1.73 bits per heavy atom. The number of ether oxygens (including phenoxy) is 1. The van der Waals surface area contributed by atoms with Crippen molar-refractivity contribution in [3.8, 4) is 5.75 Å². The topological polar surface area (TPSA) is 138 Å². The lowest BCUT2D eigenvalue weighted by Gasteiger charge is -2.12. The van der Waals surface area contributed by atoms with E-state index in [9.17, 15) is 24.3 Å². The van der Waals surface area contributed by atoms with Crippen molar-refractivity contribution in [1.82, 2.24) is 0 Å². The smallest absolute Gasteiger partial charge is 0.344 e. The fourth-order valence-corrected chi connectivity index (χ4v) is 2.44. The molecule has 134 valence electrons. The van der Waals surface area contributed by atoms with Gasteiger partial charge in [-0.05, 0) is 24.3 Å². The summed E-state index contributed by atoms with van der Waals surface area (Å²) >= 11 is 8.22. The molecule has 0 aliphatic heterocycles. The van der Waals surface area contributed by atoms with E-state index in [1.165, 1.54) is 12.1 Å². The number of hydrogen-bond acceptors (Lipinski definition) is 7. The second kappa shape index (κ2) is 7.50. The number of carboxylic acid groups (broad SMARTS) is 3. The van der Waals surface area contributed by atoms with E-state index in [4.69, 9.17) is 14.9 Å². The van der Waals surface area contributed by atoms with Gasteiger partial charge in [0.05, 0.1) is 27.1 Å². The van der Waals surface area contributed by atoms with Crippen molar-refractivity contribution in [3.05, 3.63) is 52.6 Å². The monoisotopic (exact) mass is 394 g/mol. The van der Waals surface area contributed by atoms with Crippen LogP contribution >= 0.6 is 25.3 Å². The molecule has 0 unspecified atom stereocenters. The number of aromatic carboxylic acids is 3. The van der Waals surface area contributed by atoms with E-state index in [0.29, 0.717) is 17.0 Å². The maximum atomic E-state index is 12.4. The molecule has 0 radical (unpaired) electrons. The van der Waals surface area contributed by atoms with Gasteiger partial charge in [0.2, 0.25) is 0 Å². The molecule has 0 fully saturated rings. The molecule has 0 aliphatic carbocycles. The molecule has 3 N–H and O–H groups in total. The number of carbonyl (C=O) groups is 4. The first-order chi connectivity index (χ1) is 12.1. The number of esters is 1. The number of thiol groups is 2. The van der Waals surface area contributed by atoms with Crippen LogP contribution in [0.2, 0.25) is 0 Å². The van der Waals surface area contributed by atoms with E-state index >= 15 is 0 Å². The molecule has 8 nitrogen and oxygen atoms in total. The van der Waals surface area contributed by atoms with Crippen LogP contribution in [0.4, 0.5) is 0 Å². The van der Waals surface area contributed by atoms with Gasteiger partial charge < -0.3 is 20.1 Å². The highest BCUT2D eigenvalue weighted by Gasteiger charge is 2.26. The van der Waals surface area contributed by atoms with E-state index in [-0.39, 0.29) is 10.6 Å². The van der Waals surface area contributed by atoms with Crippen LogP contribution in [0, 0.1) is 0 Å². The summed E-state index contributed by atoms with van der Waals surface area (Å²) in [4.78, 5) is 46.8. The average Bonchev–Trinajstić information content (AvgIpc) is 2.57. The van der Waals surface area contributed by atoms with Crippen LogP contribution in [0.3, 0.4) is 0 Å². The van der Waals surface area contributed by atoms with Gasteiger partial charge in [-0.25, -0.2) is 19.2 Å². The predicted molar refractivity (Wildman–Crippen MR) is 93.2 cm³/mol. The fraction of sp³-hybridized carbons (Fsp3) is 0. The van der Waals surface area contributed by atoms with Gasteiger partial charge in [-0.2, -0.15) is 0 Å². The Kier molecular flexibility index (Phi) is 5.58. The van der Waals surface area contributed by atoms with Gasteiger partial charge in [-0.1, -0.05) is 6.07 Å². The average molecular weight is 394 g/mol. The zero-order chi connectivity index (χ0) is 19.6. The highest BCUT2D eigenvalue weighted by molar-refractivity contribution is 7.83. The third-order valence-corrected chi connectivity index (χ3v) is 4.26. The minimum absolute atomic E-state index is 0.0265. The summed E-state index contributed by atoms with van der Waals surface area (Å²) in [6, 6.07) is 5.72. The number of carbonyl (C=O) groups excluding carboxylic acids is 1. The summed E-state index contributed by atoms with van der Waals surface area (Å²) in [6.45, 7) is 0. The molecule has 0 saturated carbocycles. The van der Waals surface area contributed by atoms with E-state index in [1.807, 2.05) is 0 Å². The Morgan fingerprint density at radius 2 is 1.23 bits per heavy atom. The van der Waals surface area contributed by atoms with Crippen LogP contribution in [0.5, 0.6) is 5.75 Å². The van der Waals surface area contributed by atoms with Crippen LogP contribution in [-0.4, -0.2) is 39.2 Å². The van der Waals surface area contributed by atoms with Crippen molar-refractivity contribution in [3.63, 3.8) is 0 Å². The first kappa shape index (κ1) is 19.3. The summed E-state index contributed by atoms with van der Waals surface area (Å²) in [7, 11) is 0. The van der Waals surface area contributed by atoms with Gasteiger partial charge in [0.15, 0.2) is 0 Å². The van der Waals surface area contributed by atoms with E-state index in [1.54, 1.807) is 6.07 Å². The molecule has 2 aromatic rings. The molecule has 0 spiro atoms. The van der Waals surface area contributed by atoms with Crippen molar-refractivity contribution in [2.75, 3.05) is 0 Å². The first-order valence-corrected chi connectivity index (χ1v) is 7.64. The van der Waals surface area contributed by atoms with Gasteiger partial charge >= 0.3 is 23.9 Å². The van der Waals surface area contributed by atoms with Crippen LogP contribution in [0.25, 0.3) is 0 Å². The number of hydrogen-bond donors (Lipinski definition) is 5. The zero-order valence-corrected chi connectivity index (χ0v) is 14.5. The molecule has 0 bridgehead atoms. The highest BCUT2D eigenvalue weighted by Crippen LogP contribution is 2.30. The van der Waals surface area contributed by atoms with Gasteiger partial charge in [0.1, 0.15) is 5.75 Å². The van der Waals surface area contributed by atoms with Crippen molar-refractivity contribution in [2.45, 2.75) is 9.79 Å². The Bertz CT molecular complexity index is 952. The van der Waals surface area contributed by atoms with Gasteiger partial charge in [0.25, 0.3) is 0 Å². The van der Waals surface area contributed by atoms with E-state index in [2.05, 4.69) is 25.3 Å². The highest BCUT2D eigenvalue weighted by atomic mass is 32.1. The van der Waals surface area contributed by atoms with Gasteiger partial charge in [-0.15, -0.1) is 25.3 Å². The van der Waals surface area contributed by atoms with Crippen molar-refractivity contribution in [2.24, 2.45) is 0 Å². The Labute approximate surface area is 156 Å². The van der Waals surface area contributed by atoms with Crippen molar-refractivity contribution in [1.29, 1.82) is 0 Å². The molecule has 2 aromatic carbocycles. The van der Waals surface area contributed by atoms with E-state index < -0.39 is 46.1 Å². The second-order valence-electron chi connectivity index (χ2n) is 4.87. The molecular weight excluding hydrogens is 384 g/mol. The Balaban J connectivity index is 2.59. The molecule has 0 aromatic heterocycles. The molecule has 0 amide bonds. The number of carboxylic acids is 3. The first-order valence-electron chi connectivity index (χ1n) is 6.74. The lowest BCUT2D eigenvalue weighted by Crippen LogP contribution is -2.18. The zero-order valence-electron chi connectivity index (χ0n) is 12.7. The fourth-order valence-electron chi connectivity index (χ4n) is 2.05. The lowest BCUT2D eigenvalue weighted by atomic mass is 9.98. The molecule has 2 rings (SSSR count). The molecule has 0 heterocycles. The number of rotatable bonds is 5. The molecule has 0 atom stereocenters. The van der Waals surface area contributed by atoms with Crippen LogP contribution in [0.15, 0.2) is 40.1 Å². The molecule has 10 heteroatoms. The lowest BCUT2D eigenvalue weighted by molar-refractivity contribution is 0.0642. The third-order valence-electron chi connectivity index (χ3n) is 3.25. The third kappa shape index (κ3) is 3.81. The largest absolute Gasteiger partial charge is 0.478 e. The molecular formula is C16H10O8S2. The van der Waals surface area contributed by atoms with Crippen LogP contribution in [-0.2, 0) is 0 Å².